The summed E-state index contributed by atoms with van der Waals surface area (Å²) in [7, 11) is -0.689. The first kappa shape index (κ1) is 17.4. The lowest BCUT2D eigenvalue weighted by molar-refractivity contribution is 0.410. The fourth-order valence-electron chi connectivity index (χ4n) is 2.22. The molecule has 0 unspecified atom stereocenters. The van der Waals surface area contributed by atoms with Gasteiger partial charge >= 0.3 is 0 Å². The van der Waals surface area contributed by atoms with Crippen LogP contribution in [0.3, 0.4) is 0 Å². The van der Waals surface area contributed by atoms with Crippen molar-refractivity contribution in [3.8, 4) is 11.5 Å². The second-order valence-corrected chi connectivity index (χ2v) is 7.03. The quantitative estimate of drug-likeness (QED) is 0.886. The molecule has 1 N–H and O–H groups in total. The summed E-state index contributed by atoms with van der Waals surface area (Å²) in [6, 6.07) is 7.86. The van der Waals surface area contributed by atoms with Crippen LogP contribution in [0.15, 0.2) is 35.2 Å². The molecule has 0 amide bonds. The van der Waals surface area contributed by atoms with Crippen molar-refractivity contribution in [1.82, 2.24) is 0 Å². The molecule has 0 bridgehead atoms. The Balaban J connectivity index is 2.40. The highest BCUT2D eigenvalue weighted by Crippen LogP contribution is 2.31. The fourth-order valence-corrected chi connectivity index (χ4v) is 3.83. The number of hydrogen-bond donors (Lipinski definition) is 1. The van der Waals surface area contributed by atoms with E-state index in [9.17, 15) is 8.42 Å². The second-order valence-electron chi connectivity index (χ2n) is 4.97. The van der Waals surface area contributed by atoms with Gasteiger partial charge < -0.3 is 9.47 Å². The van der Waals surface area contributed by atoms with Gasteiger partial charge in [0.05, 0.1) is 29.8 Å². The van der Waals surface area contributed by atoms with Crippen molar-refractivity contribution in [2.75, 3.05) is 18.9 Å². The smallest absolute Gasteiger partial charge is 0.262 e. The maximum atomic E-state index is 12.6. The van der Waals surface area contributed by atoms with Gasteiger partial charge in [-0.2, -0.15) is 0 Å². The third-order valence-electron chi connectivity index (χ3n) is 3.60. The molecule has 0 aromatic heterocycles. The first-order valence-corrected chi connectivity index (χ1v) is 8.67. The van der Waals surface area contributed by atoms with Gasteiger partial charge in [-0.3, -0.25) is 4.72 Å². The lowest BCUT2D eigenvalue weighted by Gasteiger charge is -2.14. The predicted molar refractivity (Wildman–Crippen MR) is 91.3 cm³/mol. The Morgan fingerprint density at radius 2 is 1.57 bits per heavy atom. The average molecular weight is 356 g/mol. The number of rotatable bonds is 5. The van der Waals surface area contributed by atoms with Gasteiger partial charge in [0.1, 0.15) is 11.5 Å². The van der Waals surface area contributed by atoms with Crippen molar-refractivity contribution in [3.63, 3.8) is 0 Å². The summed E-state index contributed by atoms with van der Waals surface area (Å²) in [6.07, 6.45) is 0. The van der Waals surface area contributed by atoms with E-state index in [4.69, 9.17) is 21.1 Å². The van der Waals surface area contributed by atoms with E-state index >= 15 is 0 Å². The maximum absolute atomic E-state index is 12.6. The summed E-state index contributed by atoms with van der Waals surface area (Å²) >= 11 is 6.02. The first-order chi connectivity index (χ1) is 10.8. The Labute approximate surface area is 141 Å². The number of nitrogens with one attached hydrogen (secondary N) is 1. The third-order valence-corrected chi connectivity index (χ3v) is 5.42. The van der Waals surface area contributed by atoms with Crippen molar-refractivity contribution >= 4 is 27.3 Å². The summed E-state index contributed by atoms with van der Waals surface area (Å²) in [4.78, 5) is 0.197. The molecule has 2 rings (SSSR count). The van der Waals surface area contributed by atoms with Crippen LogP contribution in [-0.2, 0) is 10.0 Å². The molecule has 2 aromatic rings. The molecule has 0 spiro atoms. The number of hydrogen-bond acceptors (Lipinski definition) is 4. The molecule has 124 valence electrons. The highest BCUT2D eigenvalue weighted by molar-refractivity contribution is 7.92. The molecule has 0 atom stereocenters. The molecule has 0 heterocycles. The molecule has 0 fully saturated rings. The molecular weight excluding hydrogens is 338 g/mol. The SMILES string of the molecule is COc1ccc(NS(=O)(=O)c2ccc(OC)c(C)c2C)cc1Cl. The summed E-state index contributed by atoms with van der Waals surface area (Å²) in [5.74, 6) is 1.13. The zero-order chi connectivity index (χ0) is 17.2. The summed E-state index contributed by atoms with van der Waals surface area (Å²) in [5, 5.41) is 0.329. The largest absolute Gasteiger partial charge is 0.496 e. The predicted octanol–water partition coefficient (Wildman–Crippen LogP) is 3.77. The van der Waals surface area contributed by atoms with Gasteiger partial charge in [0.15, 0.2) is 0 Å². The van der Waals surface area contributed by atoms with E-state index in [2.05, 4.69) is 4.72 Å². The molecule has 0 aliphatic heterocycles. The van der Waals surface area contributed by atoms with Crippen LogP contribution in [0.25, 0.3) is 0 Å². The molecule has 0 saturated carbocycles. The summed E-state index contributed by atoms with van der Waals surface area (Å²) in [6.45, 7) is 3.56. The van der Waals surface area contributed by atoms with Crippen LogP contribution in [0.2, 0.25) is 5.02 Å². The Morgan fingerprint density at radius 1 is 0.957 bits per heavy atom. The normalized spacial score (nSPS) is 11.2. The molecule has 2 aromatic carbocycles. The monoisotopic (exact) mass is 355 g/mol. The van der Waals surface area contributed by atoms with Crippen LogP contribution in [0.5, 0.6) is 11.5 Å². The zero-order valence-corrected chi connectivity index (χ0v) is 14.9. The van der Waals surface area contributed by atoms with Gasteiger partial charge in [-0.05, 0) is 55.3 Å². The molecule has 0 aliphatic carbocycles. The molecule has 0 aliphatic rings. The zero-order valence-electron chi connectivity index (χ0n) is 13.3. The van der Waals surface area contributed by atoms with Gasteiger partial charge in [-0.25, -0.2) is 8.42 Å². The average Bonchev–Trinajstić information content (AvgIpc) is 2.49. The summed E-state index contributed by atoms with van der Waals surface area (Å²) in [5.41, 5.74) is 1.78. The van der Waals surface area contributed by atoms with Crippen molar-refractivity contribution in [3.05, 3.63) is 46.5 Å². The van der Waals surface area contributed by atoms with Crippen molar-refractivity contribution in [2.24, 2.45) is 0 Å². The number of halogens is 1. The number of sulfonamides is 1. The lowest BCUT2D eigenvalue weighted by Crippen LogP contribution is -2.15. The van der Waals surface area contributed by atoms with Crippen LogP contribution in [-0.4, -0.2) is 22.6 Å². The van der Waals surface area contributed by atoms with E-state index in [0.717, 1.165) is 5.56 Å². The van der Waals surface area contributed by atoms with Crippen molar-refractivity contribution < 1.29 is 17.9 Å². The van der Waals surface area contributed by atoms with E-state index in [-0.39, 0.29) is 4.90 Å². The van der Waals surface area contributed by atoms with Gasteiger partial charge in [0, 0.05) is 0 Å². The van der Waals surface area contributed by atoms with Crippen LogP contribution >= 0.6 is 11.6 Å². The van der Waals surface area contributed by atoms with E-state index in [0.29, 0.717) is 27.8 Å². The third kappa shape index (κ3) is 3.54. The topological polar surface area (TPSA) is 64.6 Å². The minimum Gasteiger partial charge on any atom is -0.496 e. The number of anilines is 1. The minimum atomic E-state index is -3.73. The van der Waals surface area contributed by atoms with Crippen LogP contribution in [0.4, 0.5) is 5.69 Å². The highest BCUT2D eigenvalue weighted by atomic mass is 35.5. The van der Waals surface area contributed by atoms with Crippen molar-refractivity contribution in [1.29, 1.82) is 0 Å². The van der Waals surface area contributed by atoms with Gasteiger partial charge in [-0.15, -0.1) is 0 Å². The Bertz CT molecular complexity index is 834. The molecule has 0 saturated heterocycles. The van der Waals surface area contributed by atoms with Gasteiger partial charge in [-0.1, -0.05) is 11.6 Å². The van der Waals surface area contributed by atoms with Crippen LogP contribution in [0, 0.1) is 13.8 Å². The molecule has 23 heavy (non-hydrogen) atoms. The molecule has 7 heteroatoms. The molecule has 0 radical (unpaired) electrons. The maximum Gasteiger partial charge on any atom is 0.262 e. The van der Waals surface area contributed by atoms with Gasteiger partial charge in [0.2, 0.25) is 0 Å². The standard InChI is InChI=1S/C16H18ClNO4S/c1-10-11(2)16(8-7-14(10)21-3)23(19,20)18-12-5-6-15(22-4)13(17)9-12/h5-9,18H,1-4H3. The lowest BCUT2D eigenvalue weighted by atomic mass is 10.1. The number of methoxy groups -OCH3 is 2. The Morgan fingerprint density at radius 3 is 2.13 bits per heavy atom. The van der Waals surface area contributed by atoms with E-state index < -0.39 is 10.0 Å². The highest BCUT2D eigenvalue weighted by Gasteiger charge is 2.20. The van der Waals surface area contributed by atoms with Crippen molar-refractivity contribution in [2.45, 2.75) is 18.7 Å². The van der Waals surface area contributed by atoms with E-state index in [1.165, 1.54) is 19.2 Å². The van der Waals surface area contributed by atoms with Crippen LogP contribution < -0.4 is 14.2 Å². The minimum absolute atomic E-state index is 0.197. The van der Waals surface area contributed by atoms with Gasteiger partial charge in [0.25, 0.3) is 10.0 Å². The Kier molecular flexibility index (Phi) is 5.06. The first-order valence-electron chi connectivity index (χ1n) is 6.80. The summed E-state index contributed by atoms with van der Waals surface area (Å²) < 4.78 is 38.0. The van der Waals surface area contributed by atoms with Crippen LogP contribution in [0.1, 0.15) is 11.1 Å². The Hall–Kier alpha value is -1.92. The van der Waals surface area contributed by atoms with E-state index in [1.54, 1.807) is 32.2 Å². The number of ether oxygens (including phenoxy) is 2. The molecular formula is C16H18ClNO4S. The second kappa shape index (κ2) is 6.68. The molecule has 5 nitrogen and oxygen atoms in total. The number of benzene rings is 2. The van der Waals surface area contributed by atoms with E-state index in [1.807, 2.05) is 6.92 Å². The fraction of sp³-hybridized carbons (Fsp3) is 0.250.